The zero-order valence-electron chi connectivity index (χ0n) is 8.18. The van der Waals surface area contributed by atoms with Crippen LogP contribution in [0, 0.1) is 0 Å². The number of aromatic amines is 1. The quantitative estimate of drug-likeness (QED) is 0.687. The number of aromatic nitrogens is 4. The van der Waals surface area contributed by atoms with Gasteiger partial charge in [-0.05, 0) is 12.8 Å². The lowest BCUT2D eigenvalue weighted by Gasteiger charge is -2.01. The van der Waals surface area contributed by atoms with Gasteiger partial charge in [0.25, 0.3) is 5.56 Å². The van der Waals surface area contributed by atoms with Crippen LogP contribution >= 0.6 is 0 Å². The molecular weight excluding hydrogens is 196 g/mol. The molecule has 0 amide bonds. The Morgan fingerprint density at radius 3 is 3.07 bits per heavy atom. The second kappa shape index (κ2) is 4.22. The van der Waals surface area contributed by atoms with Crippen LogP contribution < -0.4 is 5.56 Å². The number of aliphatic hydroxyl groups excluding tert-OH is 1. The Morgan fingerprint density at radius 1 is 1.40 bits per heavy atom. The molecule has 80 valence electrons. The summed E-state index contributed by atoms with van der Waals surface area (Å²) < 4.78 is 1.82. The number of H-pyrrole nitrogens is 1. The lowest BCUT2D eigenvalue weighted by atomic mass is 10.3. The third kappa shape index (κ3) is 1.89. The van der Waals surface area contributed by atoms with E-state index in [1.165, 1.54) is 6.33 Å². The molecule has 0 aliphatic rings. The van der Waals surface area contributed by atoms with Gasteiger partial charge in [0.05, 0.1) is 12.7 Å². The lowest BCUT2D eigenvalue weighted by Crippen LogP contribution is -2.07. The van der Waals surface area contributed by atoms with E-state index in [0.29, 0.717) is 17.7 Å². The second-order valence-electron chi connectivity index (χ2n) is 3.27. The molecular formula is C9H12N4O2. The molecule has 0 unspecified atom stereocenters. The fourth-order valence-electron chi connectivity index (χ4n) is 1.45. The van der Waals surface area contributed by atoms with Crippen molar-refractivity contribution in [3.8, 4) is 0 Å². The van der Waals surface area contributed by atoms with E-state index in [1.54, 1.807) is 6.33 Å². The summed E-state index contributed by atoms with van der Waals surface area (Å²) in [7, 11) is 0. The summed E-state index contributed by atoms with van der Waals surface area (Å²) in [5.74, 6) is 0. The minimum absolute atomic E-state index is 0.181. The normalized spacial score (nSPS) is 11.0. The van der Waals surface area contributed by atoms with E-state index in [2.05, 4.69) is 15.0 Å². The Hall–Kier alpha value is -1.69. The number of fused-ring (bicyclic) bond motifs is 1. The van der Waals surface area contributed by atoms with E-state index in [4.69, 9.17) is 5.11 Å². The second-order valence-corrected chi connectivity index (χ2v) is 3.27. The number of aryl methyl sites for hydroxylation is 1. The maximum absolute atomic E-state index is 11.3. The van der Waals surface area contributed by atoms with Gasteiger partial charge in [-0.1, -0.05) is 0 Å². The van der Waals surface area contributed by atoms with Crippen molar-refractivity contribution in [2.24, 2.45) is 0 Å². The van der Waals surface area contributed by atoms with Crippen molar-refractivity contribution < 1.29 is 5.11 Å². The minimum Gasteiger partial charge on any atom is -0.396 e. The summed E-state index contributed by atoms with van der Waals surface area (Å²) in [5, 5.41) is 8.66. The number of hydrogen-bond donors (Lipinski definition) is 2. The maximum atomic E-state index is 11.3. The Kier molecular flexibility index (Phi) is 2.77. The first-order valence-electron chi connectivity index (χ1n) is 4.82. The molecule has 2 aromatic rings. The van der Waals surface area contributed by atoms with Crippen LogP contribution in [0.25, 0.3) is 11.2 Å². The molecule has 0 atom stereocenters. The molecule has 0 aliphatic carbocycles. The van der Waals surface area contributed by atoms with E-state index in [-0.39, 0.29) is 12.2 Å². The van der Waals surface area contributed by atoms with Crippen LogP contribution in [0.5, 0.6) is 0 Å². The maximum Gasteiger partial charge on any atom is 0.278 e. The van der Waals surface area contributed by atoms with Crippen LogP contribution in [0.3, 0.4) is 0 Å². The molecule has 0 fully saturated rings. The molecule has 15 heavy (non-hydrogen) atoms. The van der Waals surface area contributed by atoms with E-state index in [1.807, 2.05) is 4.57 Å². The highest BCUT2D eigenvalue weighted by Gasteiger charge is 2.05. The molecule has 0 saturated carbocycles. The van der Waals surface area contributed by atoms with Gasteiger partial charge in [-0.15, -0.1) is 0 Å². The summed E-state index contributed by atoms with van der Waals surface area (Å²) in [6.07, 6.45) is 4.55. The first-order valence-corrected chi connectivity index (χ1v) is 4.82. The fourth-order valence-corrected chi connectivity index (χ4v) is 1.45. The van der Waals surface area contributed by atoms with Crippen LogP contribution in [-0.4, -0.2) is 31.2 Å². The SMILES string of the molecule is O=c1[nH]cnc2c1ncn2CCCCO. The summed E-state index contributed by atoms with van der Waals surface area (Å²) in [6.45, 7) is 0.897. The Balaban J connectivity index is 2.29. The van der Waals surface area contributed by atoms with Crippen LogP contribution in [0.1, 0.15) is 12.8 Å². The predicted octanol–water partition coefficient (Wildman–Crippen LogP) is -0.108. The molecule has 0 saturated heterocycles. The van der Waals surface area contributed by atoms with E-state index < -0.39 is 0 Å². The molecule has 2 N–H and O–H groups in total. The Labute approximate surface area is 85.6 Å². The van der Waals surface area contributed by atoms with Crippen molar-refractivity contribution >= 4 is 11.2 Å². The predicted molar refractivity (Wildman–Crippen MR) is 54.5 cm³/mol. The smallest absolute Gasteiger partial charge is 0.278 e. The molecule has 2 rings (SSSR count). The molecule has 0 spiro atoms. The monoisotopic (exact) mass is 208 g/mol. The molecule has 6 heteroatoms. The minimum atomic E-state index is -0.221. The lowest BCUT2D eigenvalue weighted by molar-refractivity contribution is 0.281. The van der Waals surface area contributed by atoms with Gasteiger partial charge in [-0.25, -0.2) is 9.97 Å². The Morgan fingerprint density at radius 2 is 2.27 bits per heavy atom. The summed E-state index contributed by atoms with van der Waals surface area (Å²) in [5.41, 5.74) is 0.735. The van der Waals surface area contributed by atoms with E-state index in [0.717, 1.165) is 12.8 Å². The van der Waals surface area contributed by atoms with Crippen molar-refractivity contribution in [1.82, 2.24) is 19.5 Å². The van der Waals surface area contributed by atoms with Crippen LogP contribution in [0.2, 0.25) is 0 Å². The standard InChI is InChI=1S/C9H12N4O2/c14-4-2-1-3-13-6-12-7-8(13)10-5-11-9(7)15/h5-6,14H,1-4H2,(H,10,11,15). The van der Waals surface area contributed by atoms with Crippen molar-refractivity contribution in [2.45, 2.75) is 19.4 Å². The van der Waals surface area contributed by atoms with E-state index >= 15 is 0 Å². The third-order valence-corrected chi connectivity index (χ3v) is 2.21. The number of hydrogen-bond acceptors (Lipinski definition) is 4. The zero-order valence-corrected chi connectivity index (χ0v) is 8.18. The van der Waals surface area contributed by atoms with Crippen molar-refractivity contribution in [3.63, 3.8) is 0 Å². The molecule has 6 nitrogen and oxygen atoms in total. The number of rotatable bonds is 4. The number of imidazole rings is 1. The fraction of sp³-hybridized carbons (Fsp3) is 0.444. The highest BCUT2D eigenvalue weighted by Crippen LogP contribution is 2.05. The first-order chi connectivity index (χ1) is 7.33. The third-order valence-electron chi connectivity index (χ3n) is 2.21. The summed E-state index contributed by atoms with van der Waals surface area (Å²) in [4.78, 5) is 21.8. The highest BCUT2D eigenvalue weighted by molar-refractivity contribution is 5.68. The highest BCUT2D eigenvalue weighted by atomic mass is 16.2. The molecule has 0 radical (unpaired) electrons. The van der Waals surface area contributed by atoms with Crippen molar-refractivity contribution in [2.75, 3.05) is 6.61 Å². The molecule has 0 bridgehead atoms. The van der Waals surface area contributed by atoms with Gasteiger partial charge >= 0.3 is 0 Å². The summed E-state index contributed by atoms with van der Waals surface area (Å²) >= 11 is 0. The van der Waals surface area contributed by atoms with Gasteiger partial charge in [0.1, 0.15) is 0 Å². The number of nitrogens with zero attached hydrogens (tertiary/aromatic N) is 3. The Bertz CT molecular complexity index is 502. The van der Waals surface area contributed by atoms with Crippen LogP contribution in [0.4, 0.5) is 0 Å². The molecule has 0 aromatic carbocycles. The first kappa shape index (κ1) is 9.85. The van der Waals surface area contributed by atoms with Gasteiger partial charge in [0, 0.05) is 13.2 Å². The van der Waals surface area contributed by atoms with Crippen molar-refractivity contribution in [1.29, 1.82) is 0 Å². The number of nitrogens with one attached hydrogen (secondary N) is 1. The van der Waals surface area contributed by atoms with Gasteiger partial charge in [-0.3, -0.25) is 4.79 Å². The molecule has 2 heterocycles. The number of aliphatic hydroxyl groups is 1. The zero-order chi connectivity index (χ0) is 10.7. The summed E-state index contributed by atoms with van der Waals surface area (Å²) in [6, 6.07) is 0. The molecule has 2 aromatic heterocycles. The average molecular weight is 208 g/mol. The van der Waals surface area contributed by atoms with Gasteiger partial charge in [0.2, 0.25) is 0 Å². The topological polar surface area (TPSA) is 83.8 Å². The van der Waals surface area contributed by atoms with Crippen LogP contribution in [0.15, 0.2) is 17.4 Å². The number of unbranched alkanes of at least 4 members (excludes halogenated alkanes) is 1. The van der Waals surface area contributed by atoms with Gasteiger partial charge < -0.3 is 14.7 Å². The van der Waals surface area contributed by atoms with Crippen molar-refractivity contribution in [3.05, 3.63) is 23.0 Å². The van der Waals surface area contributed by atoms with Gasteiger partial charge in [0.15, 0.2) is 11.2 Å². The average Bonchev–Trinajstić information content (AvgIpc) is 2.64. The van der Waals surface area contributed by atoms with E-state index in [9.17, 15) is 4.79 Å². The molecule has 0 aliphatic heterocycles. The van der Waals surface area contributed by atoms with Crippen LogP contribution in [-0.2, 0) is 6.54 Å². The van der Waals surface area contributed by atoms with Gasteiger partial charge in [-0.2, -0.15) is 0 Å². The largest absolute Gasteiger partial charge is 0.396 e.